The summed E-state index contributed by atoms with van der Waals surface area (Å²) in [5, 5.41) is 20.5. The minimum atomic E-state index is -0.735. The van der Waals surface area contributed by atoms with Gasteiger partial charge in [0.15, 0.2) is 6.20 Å². The highest BCUT2D eigenvalue weighted by Gasteiger charge is 2.25. The van der Waals surface area contributed by atoms with Crippen LogP contribution in [-0.4, -0.2) is 42.7 Å². The second kappa shape index (κ2) is 9.78. The zero-order chi connectivity index (χ0) is 25.4. The maximum absolute atomic E-state index is 14.4. The Hall–Kier alpha value is -3.64. The van der Waals surface area contributed by atoms with E-state index >= 15 is 0 Å². The molecule has 3 aromatic heterocycles. The lowest BCUT2D eigenvalue weighted by molar-refractivity contribution is -0.390. The largest absolute Gasteiger partial charge is 0.478 e. The molecule has 1 aromatic carbocycles. The first-order valence-corrected chi connectivity index (χ1v) is 12.0. The predicted molar refractivity (Wildman–Crippen MR) is 131 cm³/mol. The van der Waals surface area contributed by atoms with Gasteiger partial charge in [0, 0.05) is 48.6 Å². The summed E-state index contributed by atoms with van der Waals surface area (Å²) in [6.45, 7) is 3.01. The molecule has 0 aliphatic carbocycles. The van der Waals surface area contributed by atoms with Crippen LogP contribution in [0, 0.1) is 15.9 Å². The molecule has 186 valence electrons. The molecule has 1 saturated heterocycles. The molecule has 4 aromatic rings. The Morgan fingerprint density at radius 1 is 1.31 bits per heavy atom. The monoisotopic (exact) mass is 556 g/mol. The second-order valence-electron chi connectivity index (χ2n) is 8.60. The lowest BCUT2D eigenvalue weighted by atomic mass is 9.96. The number of hydrogen-bond acceptors (Lipinski definition) is 7. The lowest BCUT2D eigenvalue weighted by Crippen LogP contribution is -2.30. The third-order valence-corrected chi connectivity index (χ3v) is 6.37. The predicted octanol–water partition coefficient (Wildman–Crippen LogP) is 4.79. The molecule has 1 fully saturated rings. The maximum Gasteiger partial charge on any atom is 0.406 e. The third-order valence-electron chi connectivity index (χ3n) is 5.93. The van der Waals surface area contributed by atoms with Crippen LogP contribution in [0.15, 0.2) is 53.5 Å². The molecule has 0 radical (unpaired) electrons. The Kier molecular flexibility index (Phi) is 6.54. The van der Waals surface area contributed by atoms with Crippen molar-refractivity contribution in [2.75, 3.05) is 13.2 Å². The van der Waals surface area contributed by atoms with Crippen molar-refractivity contribution in [1.82, 2.24) is 24.5 Å². The number of pyridine rings is 1. The molecular weight excluding hydrogens is 535 g/mol. The average Bonchev–Trinajstić information content (AvgIpc) is 3.38. The van der Waals surface area contributed by atoms with E-state index in [2.05, 4.69) is 31.1 Å². The van der Waals surface area contributed by atoms with Crippen LogP contribution in [0.1, 0.15) is 35.8 Å². The average molecular weight is 557 g/mol. The van der Waals surface area contributed by atoms with E-state index in [0.29, 0.717) is 40.9 Å². The molecule has 0 spiro atoms. The van der Waals surface area contributed by atoms with Crippen LogP contribution in [0.5, 0.6) is 5.75 Å². The number of rotatable bonds is 8. The van der Waals surface area contributed by atoms with E-state index in [-0.39, 0.29) is 11.8 Å². The number of nitro groups is 1. The highest BCUT2D eigenvalue weighted by atomic mass is 79.9. The number of aryl methyl sites for hydroxylation is 1. The summed E-state index contributed by atoms with van der Waals surface area (Å²) in [6.07, 6.45) is 6.91. The summed E-state index contributed by atoms with van der Waals surface area (Å²) in [4.78, 5) is 14.7. The Morgan fingerprint density at radius 2 is 2.11 bits per heavy atom. The van der Waals surface area contributed by atoms with Gasteiger partial charge in [-0.2, -0.15) is 10.2 Å². The van der Waals surface area contributed by atoms with Crippen LogP contribution in [0.3, 0.4) is 0 Å². The van der Waals surface area contributed by atoms with Crippen molar-refractivity contribution in [3.8, 4) is 17.0 Å². The fraction of sp³-hybridized carbons (Fsp3) is 0.292. The molecule has 0 unspecified atom stereocenters. The molecule has 4 heterocycles. The normalized spacial score (nSPS) is 14.4. The van der Waals surface area contributed by atoms with Crippen LogP contribution in [0.2, 0.25) is 0 Å². The first-order valence-electron chi connectivity index (χ1n) is 11.2. The summed E-state index contributed by atoms with van der Waals surface area (Å²) in [7, 11) is 1.82. The Morgan fingerprint density at radius 3 is 2.83 bits per heavy atom. The lowest BCUT2D eigenvalue weighted by Gasteiger charge is -2.25. The highest BCUT2D eigenvalue weighted by Crippen LogP contribution is 2.36. The number of hydrogen-bond donors (Lipinski definition) is 0. The van der Waals surface area contributed by atoms with Crippen LogP contribution < -0.4 is 4.74 Å². The minimum absolute atomic E-state index is 0.0225. The van der Waals surface area contributed by atoms with E-state index < -0.39 is 22.7 Å². The van der Waals surface area contributed by atoms with Gasteiger partial charge >= 0.3 is 5.82 Å². The fourth-order valence-electron chi connectivity index (χ4n) is 4.13. The van der Waals surface area contributed by atoms with Gasteiger partial charge < -0.3 is 19.6 Å². The Labute approximate surface area is 213 Å². The van der Waals surface area contributed by atoms with Crippen molar-refractivity contribution in [2.24, 2.45) is 7.05 Å². The van der Waals surface area contributed by atoms with Gasteiger partial charge in [-0.3, -0.25) is 9.36 Å². The van der Waals surface area contributed by atoms with Crippen molar-refractivity contribution in [3.63, 3.8) is 0 Å². The fourth-order valence-corrected chi connectivity index (χ4v) is 4.45. The topological polar surface area (TPSA) is 110 Å². The van der Waals surface area contributed by atoms with Crippen molar-refractivity contribution in [2.45, 2.75) is 25.5 Å². The van der Waals surface area contributed by atoms with E-state index in [1.54, 1.807) is 17.7 Å². The Balaban J connectivity index is 1.48. The standard InChI is InChI=1S/C24H22BrFN6O4/c1-14(36-22-6-17(25)9-27-24(22)32(33)34)21-7-18(26)3-4-20(21)23-16(11-30(2)29-23)5-15-8-28-31(10-15)19-12-35-13-19/h3-4,6-11,14,19H,5,12-13H2,1-2H3/t14-/m1/s1. The molecule has 12 heteroatoms. The molecule has 5 rings (SSSR count). The molecule has 36 heavy (non-hydrogen) atoms. The first-order chi connectivity index (χ1) is 17.3. The van der Waals surface area contributed by atoms with Gasteiger partial charge in [0.2, 0.25) is 5.75 Å². The van der Waals surface area contributed by atoms with Gasteiger partial charge in [0.05, 0.1) is 35.6 Å². The molecular formula is C24H22BrFN6O4. The van der Waals surface area contributed by atoms with Crippen LogP contribution >= 0.6 is 15.9 Å². The molecule has 10 nitrogen and oxygen atoms in total. The molecule has 0 bridgehead atoms. The van der Waals surface area contributed by atoms with E-state index in [0.717, 1.165) is 11.1 Å². The number of aromatic nitrogens is 5. The van der Waals surface area contributed by atoms with Gasteiger partial charge in [0.1, 0.15) is 11.9 Å². The van der Waals surface area contributed by atoms with E-state index in [1.165, 1.54) is 24.4 Å². The van der Waals surface area contributed by atoms with Gasteiger partial charge in [-0.1, -0.05) is 0 Å². The van der Waals surface area contributed by atoms with E-state index in [9.17, 15) is 14.5 Å². The molecule has 0 N–H and O–H groups in total. The maximum atomic E-state index is 14.4. The van der Waals surface area contributed by atoms with Crippen molar-refractivity contribution in [3.05, 3.63) is 86.1 Å². The number of nitrogens with zero attached hydrogens (tertiary/aromatic N) is 6. The summed E-state index contributed by atoms with van der Waals surface area (Å²) in [6, 6.07) is 6.10. The van der Waals surface area contributed by atoms with E-state index in [4.69, 9.17) is 9.47 Å². The molecule has 1 aliphatic heterocycles. The molecule has 1 atom stereocenters. The second-order valence-corrected chi connectivity index (χ2v) is 9.51. The summed E-state index contributed by atoms with van der Waals surface area (Å²) < 4.78 is 29.7. The van der Waals surface area contributed by atoms with Gasteiger partial charge in [0.25, 0.3) is 0 Å². The quantitative estimate of drug-likeness (QED) is 0.226. The summed E-state index contributed by atoms with van der Waals surface area (Å²) in [5.41, 5.74) is 3.79. The Bertz CT molecular complexity index is 1430. The third kappa shape index (κ3) is 4.86. The van der Waals surface area contributed by atoms with Crippen LogP contribution in [-0.2, 0) is 18.2 Å². The van der Waals surface area contributed by atoms with Gasteiger partial charge in [-0.05, 0) is 56.5 Å². The SMILES string of the molecule is C[C@@H](Oc1cc(Br)cnc1[N+](=O)[O-])c1cc(F)ccc1-c1nn(C)cc1Cc1cnn(C2COC2)c1. The molecule has 0 amide bonds. The van der Waals surface area contributed by atoms with Gasteiger partial charge in [-0.25, -0.2) is 4.39 Å². The van der Waals surface area contributed by atoms with E-state index in [1.807, 2.05) is 30.3 Å². The number of halogens is 2. The smallest absolute Gasteiger partial charge is 0.406 e. The summed E-state index contributed by atoms with van der Waals surface area (Å²) >= 11 is 3.27. The van der Waals surface area contributed by atoms with Crippen LogP contribution in [0.25, 0.3) is 11.3 Å². The van der Waals surface area contributed by atoms with Crippen molar-refractivity contribution < 1.29 is 18.8 Å². The minimum Gasteiger partial charge on any atom is -0.478 e. The number of benzene rings is 1. The zero-order valence-electron chi connectivity index (χ0n) is 19.5. The summed E-state index contributed by atoms with van der Waals surface area (Å²) in [5.74, 6) is -0.895. The van der Waals surface area contributed by atoms with Gasteiger partial charge in [-0.15, -0.1) is 0 Å². The molecule has 1 aliphatic rings. The molecule has 0 saturated carbocycles. The first kappa shape index (κ1) is 24.1. The van der Waals surface area contributed by atoms with Crippen LogP contribution in [0.4, 0.5) is 10.2 Å². The van der Waals surface area contributed by atoms with Crippen molar-refractivity contribution >= 4 is 21.7 Å². The van der Waals surface area contributed by atoms with Crippen molar-refractivity contribution in [1.29, 1.82) is 0 Å². The highest BCUT2D eigenvalue weighted by molar-refractivity contribution is 9.10. The zero-order valence-corrected chi connectivity index (χ0v) is 21.1. The number of ether oxygens (including phenoxy) is 2.